The molecule has 0 aliphatic carbocycles. The maximum atomic E-state index is 11.8. The highest BCUT2D eigenvalue weighted by atomic mass is 79.9. The molecule has 0 saturated carbocycles. The van der Waals surface area contributed by atoms with Gasteiger partial charge in [-0.15, -0.1) is 0 Å². The van der Waals surface area contributed by atoms with Crippen molar-refractivity contribution in [2.75, 3.05) is 6.54 Å². The molecule has 0 aliphatic rings. The van der Waals surface area contributed by atoms with Crippen LogP contribution in [0, 0.1) is 0 Å². The number of nitrogens with zero attached hydrogens (tertiary/aromatic N) is 1. The number of halogens is 4. The summed E-state index contributed by atoms with van der Waals surface area (Å²) in [6.45, 7) is -1.36. The van der Waals surface area contributed by atoms with Crippen LogP contribution < -0.4 is 5.32 Å². The van der Waals surface area contributed by atoms with Gasteiger partial charge in [0.15, 0.2) is 0 Å². The SMILES string of the molecule is O=C(NCC(F)(F)F)c1ccc(Br)cn1. The molecule has 1 heterocycles. The van der Waals surface area contributed by atoms with Crippen LogP contribution in [-0.2, 0) is 0 Å². The zero-order chi connectivity index (χ0) is 11.5. The Morgan fingerprint density at radius 3 is 2.60 bits per heavy atom. The van der Waals surface area contributed by atoms with Gasteiger partial charge in [0, 0.05) is 10.7 Å². The Kier molecular flexibility index (Phi) is 3.67. The van der Waals surface area contributed by atoms with E-state index in [1.54, 1.807) is 5.32 Å². The molecule has 0 bridgehead atoms. The Morgan fingerprint density at radius 2 is 2.13 bits per heavy atom. The first-order chi connectivity index (χ1) is 6.88. The number of nitrogens with one attached hydrogen (secondary N) is 1. The quantitative estimate of drug-likeness (QED) is 0.903. The van der Waals surface area contributed by atoms with Gasteiger partial charge in [0.05, 0.1) is 0 Å². The van der Waals surface area contributed by atoms with Gasteiger partial charge in [-0.3, -0.25) is 4.79 Å². The number of carbonyl (C=O) groups excluding carboxylic acids is 1. The van der Waals surface area contributed by atoms with Crippen molar-refractivity contribution < 1.29 is 18.0 Å². The largest absolute Gasteiger partial charge is 0.405 e. The summed E-state index contributed by atoms with van der Waals surface area (Å²) in [5.41, 5.74) is -0.0533. The van der Waals surface area contributed by atoms with Crippen LogP contribution in [-0.4, -0.2) is 23.6 Å². The molecule has 82 valence electrons. The fourth-order valence-electron chi connectivity index (χ4n) is 0.781. The monoisotopic (exact) mass is 282 g/mol. The number of hydrogen-bond acceptors (Lipinski definition) is 2. The van der Waals surface area contributed by atoms with Crippen molar-refractivity contribution in [3.05, 3.63) is 28.5 Å². The van der Waals surface area contributed by atoms with Crippen molar-refractivity contribution in [1.29, 1.82) is 0 Å². The summed E-state index contributed by atoms with van der Waals surface area (Å²) < 4.78 is 35.9. The van der Waals surface area contributed by atoms with Crippen LogP contribution in [0.25, 0.3) is 0 Å². The first-order valence-electron chi connectivity index (χ1n) is 3.85. The molecule has 3 nitrogen and oxygen atoms in total. The van der Waals surface area contributed by atoms with E-state index < -0.39 is 18.6 Å². The van der Waals surface area contributed by atoms with E-state index in [2.05, 4.69) is 20.9 Å². The molecule has 0 aliphatic heterocycles. The molecule has 0 unspecified atom stereocenters. The molecule has 1 aromatic rings. The molecular formula is C8H6BrF3N2O. The van der Waals surface area contributed by atoms with Gasteiger partial charge in [0.1, 0.15) is 12.2 Å². The second kappa shape index (κ2) is 4.61. The van der Waals surface area contributed by atoms with Crippen molar-refractivity contribution in [3.63, 3.8) is 0 Å². The van der Waals surface area contributed by atoms with E-state index in [9.17, 15) is 18.0 Å². The van der Waals surface area contributed by atoms with Crippen LogP contribution in [0.2, 0.25) is 0 Å². The van der Waals surface area contributed by atoms with E-state index in [-0.39, 0.29) is 5.69 Å². The summed E-state index contributed by atoms with van der Waals surface area (Å²) in [7, 11) is 0. The van der Waals surface area contributed by atoms with Crippen molar-refractivity contribution >= 4 is 21.8 Å². The molecule has 1 rings (SSSR count). The minimum absolute atomic E-state index is 0.0533. The Morgan fingerprint density at radius 1 is 1.47 bits per heavy atom. The van der Waals surface area contributed by atoms with Gasteiger partial charge in [-0.25, -0.2) is 4.98 Å². The lowest BCUT2D eigenvalue weighted by Gasteiger charge is -2.07. The summed E-state index contributed by atoms with van der Waals surface area (Å²) in [4.78, 5) is 14.8. The summed E-state index contributed by atoms with van der Waals surface area (Å²) >= 11 is 3.09. The minimum atomic E-state index is -4.41. The third-order valence-corrected chi connectivity index (χ3v) is 1.88. The lowest BCUT2D eigenvalue weighted by molar-refractivity contribution is -0.123. The van der Waals surface area contributed by atoms with E-state index in [4.69, 9.17) is 0 Å². The van der Waals surface area contributed by atoms with Crippen molar-refractivity contribution in [3.8, 4) is 0 Å². The van der Waals surface area contributed by atoms with Gasteiger partial charge in [0.25, 0.3) is 5.91 Å². The van der Waals surface area contributed by atoms with E-state index in [1.807, 2.05) is 0 Å². The van der Waals surface area contributed by atoms with E-state index in [1.165, 1.54) is 18.3 Å². The Labute approximate surface area is 91.8 Å². The number of rotatable bonds is 2. The van der Waals surface area contributed by atoms with E-state index >= 15 is 0 Å². The molecular weight excluding hydrogens is 277 g/mol. The summed E-state index contributed by atoms with van der Waals surface area (Å²) in [5.74, 6) is -0.847. The maximum absolute atomic E-state index is 11.8. The smallest absolute Gasteiger partial charge is 0.342 e. The van der Waals surface area contributed by atoms with E-state index in [0.29, 0.717) is 4.47 Å². The topological polar surface area (TPSA) is 42.0 Å². The standard InChI is InChI=1S/C8H6BrF3N2O/c9-5-1-2-6(13-3-5)7(15)14-4-8(10,11)12/h1-3H,4H2,(H,14,15). The Hall–Kier alpha value is -1.11. The molecule has 0 saturated heterocycles. The molecule has 0 spiro atoms. The normalized spacial score (nSPS) is 11.2. The zero-order valence-electron chi connectivity index (χ0n) is 7.31. The number of aromatic nitrogens is 1. The maximum Gasteiger partial charge on any atom is 0.405 e. The van der Waals surface area contributed by atoms with Gasteiger partial charge in [-0.05, 0) is 28.1 Å². The lowest BCUT2D eigenvalue weighted by Crippen LogP contribution is -2.34. The average Bonchev–Trinajstić information content (AvgIpc) is 2.14. The highest BCUT2D eigenvalue weighted by molar-refractivity contribution is 9.10. The van der Waals surface area contributed by atoms with E-state index in [0.717, 1.165) is 0 Å². The van der Waals surface area contributed by atoms with Gasteiger partial charge in [0.2, 0.25) is 0 Å². The third kappa shape index (κ3) is 4.28. The molecule has 0 radical (unpaired) electrons. The van der Waals surface area contributed by atoms with Crippen LogP contribution in [0.3, 0.4) is 0 Å². The molecule has 0 fully saturated rings. The van der Waals surface area contributed by atoms with Crippen LogP contribution in [0.1, 0.15) is 10.5 Å². The fraction of sp³-hybridized carbons (Fsp3) is 0.250. The second-order valence-electron chi connectivity index (χ2n) is 2.66. The number of alkyl halides is 3. The van der Waals surface area contributed by atoms with Crippen LogP contribution in [0.4, 0.5) is 13.2 Å². The first kappa shape index (κ1) is 12.0. The molecule has 1 aromatic heterocycles. The van der Waals surface area contributed by atoms with Crippen LogP contribution in [0.15, 0.2) is 22.8 Å². The van der Waals surface area contributed by atoms with Crippen molar-refractivity contribution in [2.24, 2.45) is 0 Å². The highest BCUT2D eigenvalue weighted by Crippen LogP contribution is 2.12. The van der Waals surface area contributed by atoms with Gasteiger partial charge >= 0.3 is 6.18 Å². The molecule has 0 atom stereocenters. The number of amides is 1. The van der Waals surface area contributed by atoms with Crippen molar-refractivity contribution in [2.45, 2.75) is 6.18 Å². The summed E-state index contributed by atoms with van der Waals surface area (Å²) in [6.07, 6.45) is -3.08. The average molecular weight is 283 g/mol. The minimum Gasteiger partial charge on any atom is -0.342 e. The predicted octanol–water partition coefficient (Wildman–Crippen LogP) is 2.14. The molecule has 7 heteroatoms. The lowest BCUT2D eigenvalue weighted by atomic mass is 10.3. The molecule has 1 amide bonds. The van der Waals surface area contributed by atoms with Gasteiger partial charge in [-0.1, -0.05) is 0 Å². The second-order valence-corrected chi connectivity index (χ2v) is 3.58. The highest BCUT2D eigenvalue weighted by Gasteiger charge is 2.28. The summed E-state index contributed by atoms with van der Waals surface area (Å²) in [5, 5.41) is 1.72. The summed E-state index contributed by atoms with van der Waals surface area (Å²) in [6, 6.07) is 2.85. The van der Waals surface area contributed by atoms with Crippen molar-refractivity contribution in [1.82, 2.24) is 10.3 Å². The number of carbonyl (C=O) groups is 1. The van der Waals surface area contributed by atoms with Crippen LogP contribution >= 0.6 is 15.9 Å². The number of pyridine rings is 1. The predicted molar refractivity (Wildman–Crippen MR) is 50.3 cm³/mol. The Balaban J connectivity index is 2.58. The van der Waals surface area contributed by atoms with Gasteiger partial charge < -0.3 is 5.32 Å². The first-order valence-corrected chi connectivity index (χ1v) is 4.64. The zero-order valence-corrected chi connectivity index (χ0v) is 8.89. The third-order valence-electron chi connectivity index (χ3n) is 1.41. The van der Waals surface area contributed by atoms with Gasteiger partial charge in [-0.2, -0.15) is 13.2 Å². The number of hydrogen-bond donors (Lipinski definition) is 1. The van der Waals surface area contributed by atoms with Crippen LogP contribution in [0.5, 0.6) is 0 Å². The fourth-order valence-corrected chi connectivity index (χ4v) is 1.02. The molecule has 15 heavy (non-hydrogen) atoms. The Bertz CT molecular complexity index is 350. The molecule has 1 N–H and O–H groups in total. The molecule has 0 aromatic carbocycles.